The summed E-state index contributed by atoms with van der Waals surface area (Å²) in [6.07, 6.45) is 0.804. The van der Waals surface area contributed by atoms with E-state index in [0.717, 1.165) is 6.42 Å². The lowest BCUT2D eigenvalue weighted by atomic mass is 10.1. The number of hydrogen-bond donors (Lipinski definition) is 2. The van der Waals surface area contributed by atoms with E-state index in [1.165, 1.54) is 0 Å². The third-order valence-corrected chi connectivity index (χ3v) is 2.62. The van der Waals surface area contributed by atoms with Crippen LogP contribution in [0.3, 0.4) is 0 Å². The summed E-state index contributed by atoms with van der Waals surface area (Å²) in [7, 11) is 0. The van der Waals surface area contributed by atoms with E-state index in [1.54, 1.807) is 18.2 Å². The number of nitrogen functional groups attached to an aromatic ring is 1. The van der Waals surface area contributed by atoms with Crippen LogP contribution >= 0.6 is 11.6 Å². The van der Waals surface area contributed by atoms with E-state index in [0.29, 0.717) is 16.4 Å². The van der Waals surface area contributed by atoms with E-state index >= 15 is 0 Å². The molecule has 0 heterocycles. The highest BCUT2D eigenvalue weighted by Gasteiger charge is 2.11. The van der Waals surface area contributed by atoms with Crippen LogP contribution in [0.15, 0.2) is 18.2 Å². The normalized spacial score (nSPS) is 12.2. The highest BCUT2D eigenvalue weighted by Crippen LogP contribution is 2.24. The first-order valence-electron chi connectivity index (χ1n) is 4.90. The van der Waals surface area contributed by atoms with Gasteiger partial charge in [-0.3, -0.25) is 4.79 Å². The van der Waals surface area contributed by atoms with E-state index in [9.17, 15) is 4.79 Å². The molecule has 1 atom stereocenters. The Bertz CT molecular complexity index is 366. The third-order valence-electron chi connectivity index (χ3n) is 2.31. The summed E-state index contributed by atoms with van der Waals surface area (Å²) in [6, 6.07) is 5.03. The van der Waals surface area contributed by atoms with Crippen LogP contribution in [0.1, 0.15) is 20.3 Å². The van der Waals surface area contributed by atoms with Crippen molar-refractivity contribution in [3.63, 3.8) is 0 Å². The van der Waals surface area contributed by atoms with Crippen molar-refractivity contribution < 1.29 is 4.79 Å². The fraction of sp³-hybridized carbons (Fsp3) is 0.364. The van der Waals surface area contributed by atoms with Crippen LogP contribution in [0.25, 0.3) is 0 Å². The fourth-order valence-electron chi connectivity index (χ4n) is 1.07. The van der Waals surface area contributed by atoms with Gasteiger partial charge in [0, 0.05) is 11.6 Å². The smallest absolute Gasteiger partial charge is 0.227 e. The second kappa shape index (κ2) is 5.03. The first kappa shape index (κ1) is 11.9. The number of nitrogens with two attached hydrogens (primary N) is 1. The molecule has 0 aliphatic rings. The molecule has 0 aliphatic heterocycles. The standard InChI is InChI=1S/C11H15ClN2O/c1-3-7(2)11(15)14-10-5-4-8(13)6-9(10)12/h4-7H,3,13H2,1-2H3,(H,14,15). The zero-order chi connectivity index (χ0) is 11.4. The molecule has 4 heteroatoms. The van der Waals surface area contributed by atoms with Crippen molar-refractivity contribution in [3.05, 3.63) is 23.2 Å². The van der Waals surface area contributed by atoms with Gasteiger partial charge in [0.2, 0.25) is 5.91 Å². The lowest BCUT2D eigenvalue weighted by Crippen LogP contribution is -2.19. The van der Waals surface area contributed by atoms with Gasteiger partial charge >= 0.3 is 0 Å². The van der Waals surface area contributed by atoms with Crippen molar-refractivity contribution in [3.8, 4) is 0 Å². The molecule has 0 aromatic heterocycles. The Balaban J connectivity index is 2.77. The van der Waals surface area contributed by atoms with Crippen molar-refractivity contribution in [2.75, 3.05) is 11.1 Å². The number of hydrogen-bond acceptors (Lipinski definition) is 2. The molecule has 0 saturated heterocycles. The molecule has 1 aromatic carbocycles. The number of amides is 1. The van der Waals surface area contributed by atoms with Gasteiger partial charge in [-0.2, -0.15) is 0 Å². The summed E-state index contributed by atoms with van der Waals surface area (Å²) in [5.74, 6) is -0.0391. The van der Waals surface area contributed by atoms with E-state index in [-0.39, 0.29) is 11.8 Å². The maximum Gasteiger partial charge on any atom is 0.227 e. The Labute approximate surface area is 94.6 Å². The van der Waals surface area contributed by atoms with Crippen LogP contribution in [0, 0.1) is 5.92 Å². The van der Waals surface area contributed by atoms with Gasteiger partial charge in [0.15, 0.2) is 0 Å². The first-order valence-corrected chi connectivity index (χ1v) is 5.28. The third kappa shape index (κ3) is 3.13. The number of benzene rings is 1. The molecular formula is C11H15ClN2O. The minimum atomic E-state index is -0.0239. The summed E-state index contributed by atoms with van der Waals surface area (Å²) in [6.45, 7) is 3.84. The highest BCUT2D eigenvalue weighted by molar-refractivity contribution is 6.34. The Morgan fingerprint density at radius 1 is 1.60 bits per heavy atom. The second-order valence-electron chi connectivity index (χ2n) is 3.54. The van der Waals surface area contributed by atoms with Gasteiger partial charge in [-0.15, -0.1) is 0 Å². The van der Waals surface area contributed by atoms with Crippen molar-refractivity contribution in [2.45, 2.75) is 20.3 Å². The van der Waals surface area contributed by atoms with Crippen molar-refractivity contribution >= 4 is 28.9 Å². The molecule has 3 N–H and O–H groups in total. The van der Waals surface area contributed by atoms with Crippen molar-refractivity contribution in [2.24, 2.45) is 5.92 Å². The van der Waals surface area contributed by atoms with E-state index in [4.69, 9.17) is 17.3 Å². The molecule has 1 unspecified atom stereocenters. The van der Waals surface area contributed by atoms with E-state index in [2.05, 4.69) is 5.32 Å². The predicted octanol–water partition coefficient (Wildman–Crippen LogP) is 2.91. The van der Waals surface area contributed by atoms with Gasteiger partial charge in [-0.1, -0.05) is 25.4 Å². The number of carbonyl (C=O) groups excluding carboxylic acids is 1. The van der Waals surface area contributed by atoms with Gasteiger partial charge in [0.05, 0.1) is 10.7 Å². The molecule has 3 nitrogen and oxygen atoms in total. The van der Waals surface area contributed by atoms with Crippen molar-refractivity contribution in [1.82, 2.24) is 0 Å². The van der Waals surface area contributed by atoms with Gasteiger partial charge in [0.1, 0.15) is 0 Å². The molecule has 0 aliphatic carbocycles. The maximum atomic E-state index is 11.6. The molecule has 0 fully saturated rings. The number of anilines is 2. The quantitative estimate of drug-likeness (QED) is 0.779. The minimum absolute atomic E-state index is 0.0152. The van der Waals surface area contributed by atoms with Crippen LogP contribution in [-0.4, -0.2) is 5.91 Å². The van der Waals surface area contributed by atoms with Crippen molar-refractivity contribution in [1.29, 1.82) is 0 Å². The highest BCUT2D eigenvalue weighted by atomic mass is 35.5. The molecule has 0 radical (unpaired) electrons. The molecule has 0 bridgehead atoms. The molecule has 15 heavy (non-hydrogen) atoms. The van der Waals surface area contributed by atoms with Crippen LogP contribution in [-0.2, 0) is 4.79 Å². The zero-order valence-electron chi connectivity index (χ0n) is 8.88. The SMILES string of the molecule is CCC(C)C(=O)Nc1ccc(N)cc1Cl. The number of halogens is 1. The Hall–Kier alpha value is -1.22. The fourth-order valence-corrected chi connectivity index (χ4v) is 1.31. The summed E-state index contributed by atoms with van der Waals surface area (Å²) in [5.41, 5.74) is 6.74. The molecule has 1 rings (SSSR count). The predicted molar refractivity (Wildman–Crippen MR) is 63.9 cm³/mol. The van der Waals surface area contributed by atoms with Gasteiger partial charge < -0.3 is 11.1 Å². The monoisotopic (exact) mass is 226 g/mol. The summed E-state index contributed by atoms with van der Waals surface area (Å²) in [4.78, 5) is 11.6. The average Bonchev–Trinajstić information content (AvgIpc) is 2.20. The van der Waals surface area contributed by atoms with Crippen LogP contribution in [0.5, 0.6) is 0 Å². The summed E-state index contributed by atoms with van der Waals surface area (Å²) in [5, 5.41) is 3.23. The van der Waals surface area contributed by atoms with Crippen LogP contribution in [0.4, 0.5) is 11.4 Å². The van der Waals surface area contributed by atoms with Gasteiger partial charge in [-0.05, 0) is 24.6 Å². The van der Waals surface area contributed by atoms with E-state index < -0.39 is 0 Å². The molecule has 82 valence electrons. The Morgan fingerprint density at radius 3 is 2.80 bits per heavy atom. The Morgan fingerprint density at radius 2 is 2.27 bits per heavy atom. The topological polar surface area (TPSA) is 55.1 Å². The number of nitrogens with one attached hydrogen (secondary N) is 1. The van der Waals surface area contributed by atoms with Gasteiger partial charge in [-0.25, -0.2) is 0 Å². The van der Waals surface area contributed by atoms with Gasteiger partial charge in [0.25, 0.3) is 0 Å². The first-order chi connectivity index (χ1) is 7.04. The lowest BCUT2D eigenvalue weighted by molar-refractivity contribution is -0.119. The zero-order valence-corrected chi connectivity index (χ0v) is 9.64. The number of carbonyl (C=O) groups is 1. The van der Waals surface area contributed by atoms with E-state index in [1.807, 2.05) is 13.8 Å². The minimum Gasteiger partial charge on any atom is -0.399 e. The number of rotatable bonds is 3. The molecule has 0 spiro atoms. The molecule has 1 aromatic rings. The molecule has 1 amide bonds. The second-order valence-corrected chi connectivity index (χ2v) is 3.95. The largest absolute Gasteiger partial charge is 0.399 e. The van der Waals surface area contributed by atoms with Crippen LogP contribution in [0.2, 0.25) is 5.02 Å². The lowest BCUT2D eigenvalue weighted by Gasteiger charge is -2.11. The van der Waals surface area contributed by atoms with Crippen LogP contribution < -0.4 is 11.1 Å². The summed E-state index contributed by atoms with van der Waals surface area (Å²) >= 11 is 5.93. The summed E-state index contributed by atoms with van der Waals surface area (Å²) < 4.78 is 0. The maximum absolute atomic E-state index is 11.6. The Kier molecular flexibility index (Phi) is 3.97. The average molecular weight is 227 g/mol. The molecule has 0 saturated carbocycles. The molecular weight excluding hydrogens is 212 g/mol.